The Bertz CT molecular complexity index is 335. The van der Waals surface area contributed by atoms with E-state index in [1.807, 2.05) is 6.92 Å². The summed E-state index contributed by atoms with van der Waals surface area (Å²) >= 11 is 0. The van der Waals surface area contributed by atoms with E-state index in [4.69, 9.17) is 6.42 Å². The smallest absolute Gasteiger partial charge is 0.309 e. The van der Waals surface area contributed by atoms with Crippen molar-refractivity contribution in [3.63, 3.8) is 0 Å². The SMILES string of the molecule is C#CCCC(=O)N1CCC(CC)(C(=O)O)CC1. The summed E-state index contributed by atoms with van der Waals surface area (Å²) in [5.74, 6) is 1.74. The van der Waals surface area contributed by atoms with Gasteiger partial charge in [0.1, 0.15) is 0 Å². The van der Waals surface area contributed by atoms with Crippen LogP contribution in [0.4, 0.5) is 0 Å². The van der Waals surface area contributed by atoms with E-state index in [0.717, 1.165) is 0 Å². The van der Waals surface area contributed by atoms with Crippen LogP contribution in [0.1, 0.15) is 39.0 Å². The molecule has 0 aromatic rings. The monoisotopic (exact) mass is 237 g/mol. The Labute approximate surface area is 102 Å². The van der Waals surface area contributed by atoms with Gasteiger partial charge in [0.2, 0.25) is 5.91 Å². The zero-order valence-electron chi connectivity index (χ0n) is 10.2. The predicted octanol–water partition coefficient (Wildman–Crippen LogP) is 1.50. The van der Waals surface area contributed by atoms with Gasteiger partial charge >= 0.3 is 5.97 Å². The van der Waals surface area contributed by atoms with Gasteiger partial charge in [-0.15, -0.1) is 12.3 Å². The molecule has 0 bridgehead atoms. The third-order valence-corrected chi connectivity index (χ3v) is 3.69. The molecule has 1 fully saturated rings. The highest BCUT2D eigenvalue weighted by Crippen LogP contribution is 2.35. The Morgan fingerprint density at radius 3 is 2.41 bits per heavy atom. The molecule has 94 valence electrons. The number of carbonyl (C=O) groups excluding carboxylic acids is 1. The molecule has 1 N–H and O–H groups in total. The van der Waals surface area contributed by atoms with Crippen molar-refractivity contribution in [1.82, 2.24) is 4.90 Å². The lowest BCUT2D eigenvalue weighted by Gasteiger charge is -2.38. The lowest BCUT2D eigenvalue weighted by molar-refractivity contribution is -0.154. The van der Waals surface area contributed by atoms with Crippen molar-refractivity contribution in [3.05, 3.63) is 0 Å². The normalized spacial score (nSPS) is 18.5. The van der Waals surface area contributed by atoms with Gasteiger partial charge in [0.05, 0.1) is 5.41 Å². The first kappa shape index (κ1) is 13.6. The van der Waals surface area contributed by atoms with Crippen molar-refractivity contribution in [3.8, 4) is 12.3 Å². The molecule has 1 aliphatic rings. The number of amides is 1. The first-order chi connectivity index (χ1) is 8.05. The van der Waals surface area contributed by atoms with Gasteiger partial charge in [0.15, 0.2) is 0 Å². The van der Waals surface area contributed by atoms with E-state index in [2.05, 4.69) is 5.92 Å². The number of piperidine rings is 1. The Morgan fingerprint density at radius 2 is 2.00 bits per heavy atom. The van der Waals surface area contributed by atoms with Crippen molar-refractivity contribution in [2.75, 3.05) is 13.1 Å². The number of carboxylic acid groups (broad SMARTS) is 1. The molecule has 0 aromatic heterocycles. The molecule has 0 saturated carbocycles. The van der Waals surface area contributed by atoms with Crippen LogP contribution in [0.15, 0.2) is 0 Å². The highest BCUT2D eigenvalue weighted by molar-refractivity contribution is 5.78. The molecule has 1 aliphatic heterocycles. The second kappa shape index (κ2) is 5.72. The second-order valence-electron chi connectivity index (χ2n) is 4.52. The Kier molecular flexibility index (Phi) is 4.56. The minimum absolute atomic E-state index is 0.0399. The van der Waals surface area contributed by atoms with Crippen LogP contribution in [-0.2, 0) is 9.59 Å². The van der Waals surface area contributed by atoms with E-state index in [1.54, 1.807) is 4.90 Å². The minimum atomic E-state index is -0.740. The van der Waals surface area contributed by atoms with E-state index >= 15 is 0 Å². The Balaban J connectivity index is 2.53. The van der Waals surface area contributed by atoms with Gasteiger partial charge < -0.3 is 10.0 Å². The Hall–Kier alpha value is -1.50. The second-order valence-corrected chi connectivity index (χ2v) is 4.52. The average molecular weight is 237 g/mol. The maximum absolute atomic E-state index is 11.7. The molecule has 4 heteroatoms. The van der Waals surface area contributed by atoms with Crippen molar-refractivity contribution < 1.29 is 14.7 Å². The number of hydrogen-bond donors (Lipinski definition) is 1. The molecule has 0 radical (unpaired) electrons. The largest absolute Gasteiger partial charge is 0.481 e. The summed E-state index contributed by atoms with van der Waals surface area (Å²) in [6.45, 7) is 2.96. The molecule has 0 unspecified atom stereocenters. The summed E-state index contributed by atoms with van der Waals surface area (Å²) in [6.07, 6.45) is 7.63. The molecule has 1 rings (SSSR count). The molecule has 0 atom stereocenters. The summed E-state index contributed by atoms with van der Waals surface area (Å²) in [5.41, 5.74) is -0.636. The van der Waals surface area contributed by atoms with E-state index < -0.39 is 11.4 Å². The van der Waals surface area contributed by atoms with Crippen LogP contribution in [0.2, 0.25) is 0 Å². The quantitative estimate of drug-likeness (QED) is 0.754. The summed E-state index contributed by atoms with van der Waals surface area (Å²) in [5, 5.41) is 9.23. The highest BCUT2D eigenvalue weighted by Gasteiger charge is 2.40. The van der Waals surface area contributed by atoms with Crippen molar-refractivity contribution in [1.29, 1.82) is 0 Å². The van der Waals surface area contributed by atoms with Crippen LogP contribution < -0.4 is 0 Å². The fourth-order valence-electron chi connectivity index (χ4n) is 2.24. The molecule has 4 nitrogen and oxygen atoms in total. The molecule has 0 aliphatic carbocycles. The van der Waals surface area contributed by atoms with Crippen molar-refractivity contribution in [2.45, 2.75) is 39.0 Å². The average Bonchev–Trinajstić information content (AvgIpc) is 2.35. The molecule has 1 heterocycles. The Morgan fingerprint density at radius 1 is 1.41 bits per heavy atom. The summed E-state index contributed by atoms with van der Waals surface area (Å²) in [7, 11) is 0. The van der Waals surface area contributed by atoms with Crippen LogP contribution in [-0.4, -0.2) is 35.0 Å². The number of carbonyl (C=O) groups is 2. The van der Waals surface area contributed by atoms with Crippen LogP contribution in [0.5, 0.6) is 0 Å². The number of hydrogen-bond acceptors (Lipinski definition) is 2. The topological polar surface area (TPSA) is 57.6 Å². The van der Waals surface area contributed by atoms with Gasteiger partial charge in [0, 0.05) is 25.9 Å². The third-order valence-electron chi connectivity index (χ3n) is 3.69. The number of nitrogens with zero attached hydrogens (tertiary/aromatic N) is 1. The lowest BCUT2D eigenvalue weighted by atomic mass is 9.76. The molecule has 17 heavy (non-hydrogen) atoms. The molecular formula is C13H19NO3. The van der Waals surface area contributed by atoms with Gasteiger partial charge in [-0.2, -0.15) is 0 Å². The zero-order valence-corrected chi connectivity index (χ0v) is 10.2. The minimum Gasteiger partial charge on any atom is -0.481 e. The van der Waals surface area contributed by atoms with Gasteiger partial charge in [-0.25, -0.2) is 0 Å². The van der Waals surface area contributed by atoms with Crippen LogP contribution in [0, 0.1) is 17.8 Å². The predicted molar refractivity (Wildman–Crippen MR) is 64.2 cm³/mol. The van der Waals surface area contributed by atoms with E-state index in [-0.39, 0.29) is 5.91 Å². The van der Waals surface area contributed by atoms with Crippen molar-refractivity contribution in [2.24, 2.45) is 5.41 Å². The van der Waals surface area contributed by atoms with E-state index in [9.17, 15) is 14.7 Å². The highest BCUT2D eigenvalue weighted by atomic mass is 16.4. The van der Waals surface area contributed by atoms with Crippen LogP contribution in [0.3, 0.4) is 0 Å². The molecule has 1 saturated heterocycles. The maximum Gasteiger partial charge on any atom is 0.309 e. The maximum atomic E-state index is 11.7. The van der Waals surface area contributed by atoms with Gasteiger partial charge in [-0.3, -0.25) is 9.59 Å². The molecule has 0 aromatic carbocycles. The summed E-state index contributed by atoms with van der Waals surface area (Å²) < 4.78 is 0. The first-order valence-electron chi connectivity index (χ1n) is 6.00. The number of terminal acetylenes is 1. The summed E-state index contributed by atoms with van der Waals surface area (Å²) in [4.78, 5) is 24.7. The molecule has 0 spiro atoms. The van der Waals surface area contributed by atoms with Crippen molar-refractivity contribution >= 4 is 11.9 Å². The van der Waals surface area contributed by atoms with Crippen LogP contribution in [0.25, 0.3) is 0 Å². The molecule has 1 amide bonds. The number of aliphatic carboxylic acids is 1. The van der Waals surface area contributed by atoms with E-state index in [0.29, 0.717) is 45.2 Å². The standard InChI is InChI=1S/C13H19NO3/c1-3-5-6-11(15)14-9-7-13(4-2,8-10-14)12(16)17/h1H,4-10H2,2H3,(H,16,17). The first-order valence-corrected chi connectivity index (χ1v) is 6.00. The number of likely N-dealkylation sites (tertiary alicyclic amines) is 1. The lowest BCUT2D eigenvalue weighted by Crippen LogP contribution is -2.46. The van der Waals surface area contributed by atoms with Gasteiger partial charge in [0.25, 0.3) is 0 Å². The zero-order chi connectivity index (χ0) is 12.9. The van der Waals surface area contributed by atoms with Gasteiger partial charge in [-0.05, 0) is 19.3 Å². The fraction of sp³-hybridized carbons (Fsp3) is 0.692. The van der Waals surface area contributed by atoms with Gasteiger partial charge in [-0.1, -0.05) is 6.92 Å². The number of carboxylic acids is 1. The number of rotatable bonds is 4. The third kappa shape index (κ3) is 3.00. The summed E-state index contributed by atoms with van der Waals surface area (Å²) in [6, 6.07) is 0. The fourth-order valence-corrected chi connectivity index (χ4v) is 2.24. The van der Waals surface area contributed by atoms with E-state index in [1.165, 1.54) is 0 Å². The van der Waals surface area contributed by atoms with Crippen LogP contribution >= 0.6 is 0 Å². The molecular weight excluding hydrogens is 218 g/mol.